The average molecular weight is 531 g/mol. The van der Waals surface area contributed by atoms with Crippen molar-refractivity contribution in [2.75, 3.05) is 15.4 Å². The van der Waals surface area contributed by atoms with Crippen LogP contribution in [-0.4, -0.2) is 26.5 Å². The fraction of sp³-hybridized carbons (Fsp3) is 0.320. The van der Waals surface area contributed by atoms with E-state index in [-0.39, 0.29) is 34.4 Å². The molecule has 0 aromatic heterocycles. The van der Waals surface area contributed by atoms with Gasteiger partial charge in [0.05, 0.1) is 4.90 Å². The Morgan fingerprint density at radius 3 is 2.19 bits per heavy atom. The summed E-state index contributed by atoms with van der Waals surface area (Å²) >= 11 is 6.02. The largest absolute Gasteiger partial charge is 0.377 e. The lowest BCUT2D eigenvalue weighted by molar-refractivity contribution is 0.243. The molecule has 190 valence electrons. The number of anilines is 3. The summed E-state index contributed by atoms with van der Waals surface area (Å²) in [5, 5.41) is 9.41. The number of halogens is 1. The third-order valence-corrected chi connectivity index (χ3v) is 8.29. The van der Waals surface area contributed by atoms with Gasteiger partial charge in [-0.05, 0) is 74.9 Å². The van der Waals surface area contributed by atoms with Gasteiger partial charge in [0.2, 0.25) is 0 Å². The van der Waals surface area contributed by atoms with E-state index >= 15 is 0 Å². The van der Waals surface area contributed by atoms with Gasteiger partial charge in [-0.1, -0.05) is 29.8 Å². The van der Waals surface area contributed by atoms with Crippen LogP contribution in [0.2, 0.25) is 5.02 Å². The Bertz CT molecular complexity index is 1470. The lowest BCUT2D eigenvalue weighted by atomic mass is 9.91. The molecule has 4 N–H and O–H groups in total. The third-order valence-electron chi connectivity index (χ3n) is 6.36. The Morgan fingerprint density at radius 1 is 0.889 bits per heavy atom. The molecule has 0 radical (unpaired) electrons. The standard InChI is InChI=1S/C25H27ClN4O5S/c1-14-5-3-4-6-20(14)36(34,35)30-22-21(23(31)24(22)32)27-16-7-9-17(10-8-16)28-25(33)29-18-11-12-19(26)15(2)13-18/h3-6,11-13,16-17,27,30H,7-10H2,1-2H3,(H2,28,29,33). The maximum atomic E-state index is 12.8. The van der Waals surface area contributed by atoms with Gasteiger partial charge in [0, 0.05) is 22.8 Å². The molecule has 0 atom stereocenters. The van der Waals surface area contributed by atoms with Gasteiger partial charge in [0.15, 0.2) is 0 Å². The molecule has 0 heterocycles. The van der Waals surface area contributed by atoms with Gasteiger partial charge in [0.1, 0.15) is 11.4 Å². The Hall–Kier alpha value is -3.37. The summed E-state index contributed by atoms with van der Waals surface area (Å²) in [4.78, 5) is 36.7. The monoisotopic (exact) mass is 530 g/mol. The van der Waals surface area contributed by atoms with Crippen LogP contribution in [0, 0.1) is 13.8 Å². The Kier molecular flexibility index (Phi) is 7.37. The minimum absolute atomic E-state index is 0.00980. The number of urea groups is 1. The molecule has 2 amide bonds. The molecule has 0 spiro atoms. The fourth-order valence-corrected chi connectivity index (χ4v) is 5.78. The molecule has 11 heteroatoms. The number of amides is 2. The molecule has 1 aliphatic rings. The van der Waals surface area contributed by atoms with Crippen molar-refractivity contribution >= 4 is 44.7 Å². The highest BCUT2D eigenvalue weighted by molar-refractivity contribution is 7.92. The van der Waals surface area contributed by atoms with Gasteiger partial charge in [-0.25, -0.2) is 13.2 Å². The first-order valence-electron chi connectivity index (χ1n) is 11.6. The van der Waals surface area contributed by atoms with E-state index in [1.807, 2.05) is 6.92 Å². The van der Waals surface area contributed by atoms with E-state index in [0.717, 1.165) is 5.56 Å². The van der Waals surface area contributed by atoms with Crippen molar-refractivity contribution in [1.29, 1.82) is 0 Å². The van der Waals surface area contributed by atoms with Crippen LogP contribution in [0.15, 0.2) is 56.9 Å². The molecule has 1 fully saturated rings. The third kappa shape index (κ3) is 5.55. The highest BCUT2D eigenvalue weighted by atomic mass is 35.5. The van der Waals surface area contributed by atoms with Gasteiger partial charge >= 0.3 is 6.03 Å². The summed E-state index contributed by atoms with van der Waals surface area (Å²) < 4.78 is 27.8. The fourth-order valence-electron chi connectivity index (χ4n) is 4.34. The number of aryl methyl sites for hydroxylation is 2. The van der Waals surface area contributed by atoms with Gasteiger partial charge < -0.3 is 16.0 Å². The summed E-state index contributed by atoms with van der Waals surface area (Å²) in [6.07, 6.45) is 2.58. The second-order valence-corrected chi connectivity index (χ2v) is 11.1. The second-order valence-electron chi connectivity index (χ2n) is 9.03. The van der Waals surface area contributed by atoms with Crippen molar-refractivity contribution < 1.29 is 13.2 Å². The van der Waals surface area contributed by atoms with E-state index in [9.17, 15) is 22.8 Å². The van der Waals surface area contributed by atoms with Gasteiger partial charge in [-0.2, -0.15) is 0 Å². The highest BCUT2D eigenvalue weighted by Gasteiger charge is 2.30. The lowest BCUT2D eigenvalue weighted by Crippen LogP contribution is -2.44. The van der Waals surface area contributed by atoms with E-state index in [1.54, 1.807) is 43.3 Å². The van der Waals surface area contributed by atoms with E-state index in [2.05, 4.69) is 20.7 Å². The number of carbonyl (C=O) groups is 1. The van der Waals surface area contributed by atoms with Crippen LogP contribution in [0.4, 0.5) is 21.9 Å². The van der Waals surface area contributed by atoms with E-state index in [4.69, 9.17) is 11.6 Å². The number of carbonyl (C=O) groups excluding carboxylic acids is 1. The van der Waals surface area contributed by atoms with Crippen LogP contribution in [0.3, 0.4) is 0 Å². The summed E-state index contributed by atoms with van der Waals surface area (Å²) in [6, 6.07) is 11.1. The number of nitrogens with one attached hydrogen (secondary N) is 4. The zero-order chi connectivity index (χ0) is 26.0. The Labute approximate surface area is 214 Å². The van der Waals surface area contributed by atoms with Crippen molar-refractivity contribution in [3.05, 3.63) is 79.1 Å². The molecule has 9 nitrogen and oxygen atoms in total. The van der Waals surface area contributed by atoms with Crippen LogP contribution in [0.25, 0.3) is 0 Å². The minimum atomic E-state index is -4.02. The first-order valence-corrected chi connectivity index (χ1v) is 13.4. The van der Waals surface area contributed by atoms with Crippen molar-refractivity contribution in [1.82, 2.24) is 5.32 Å². The van der Waals surface area contributed by atoms with E-state index < -0.39 is 20.9 Å². The predicted molar refractivity (Wildman–Crippen MR) is 141 cm³/mol. The number of benzene rings is 2. The van der Waals surface area contributed by atoms with Crippen LogP contribution in [0.5, 0.6) is 0 Å². The summed E-state index contributed by atoms with van der Waals surface area (Å²) in [6.45, 7) is 3.51. The molecule has 0 saturated heterocycles. The maximum absolute atomic E-state index is 12.8. The van der Waals surface area contributed by atoms with E-state index in [1.165, 1.54) is 6.07 Å². The first kappa shape index (κ1) is 25.7. The molecule has 1 aliphatic carbocycles. The molecule has 1 saturated carbocycles. The first-order chi connectivity index (χ1) is 17.0. The quantitative estimate of drug-likeness (QED) is 0.342. The summed E-state index contributed by atoms with van der Waals surface area (Å²) in [5.41, 5.74) is 0.185. The van der Waals surface area contributed by atoms with E-state index in [0.29, 0.717) is 42.0 Å². The Balaban J connectivity index is 1.33. The lowest BCUT2D eigenvalue weighted by Gasteiger charge is -2.31. The molecule has 3 aromatic carbocycles. The topological polar surface area (TPSA) is 133 Å². The zero-order valence-electron chi connectivity index (χ0n) is 19.9. The van der Waals surface area contributed by atoms with Gasteiger partial charge in [0.25, 0.3) is 20.9 Å². The summed E-state index contributed by atoms with van der Waals surface area (Å²) in [7, 11) is -4.02. The molecular weight excluding hydrogens is 504 g/mol. The molecule has 36 heavy (non-hydrogen) atoms. The SMILES string of the molecule is Cc1cc(NC(=O)NC2CCC(Nc3c(NS(=O)(=O)c4ccccc4C)c(=O)c3=O)CC2)ccc1Cl. The van der Waals surface area contributed by atoms with Gasteiger partial charge in [-0.15, -0.1) is 0 Å². The number of sulfonamides is 1. The maximum Gasteiger partial charge on any atom is 0.319 e. The van der Waals surface area contributed by atoms with Crippen molar-refractivity contribution in [3.8, 4) is 0 Å². The van der Waals surface area contributed by atoms with Crippen molar-refractivity contribution in [2.45, 2.75) is 56.5 Å². The predicted octanol–water partition coefficient (Wildman–Crippen LogP) is 3.90. The molecule has 0 bridgehead atoms. The van der Waals surface area contributed by atoms with Crippen molar-refractivity contribution in [2.24, 2.45) is 0 Å². The highest BCUT2D eigenvalue weighted by Crippen LogP contribution is 2.27. The minimum Gasteiger partial charge on any atom is -0.377 e. The smallest absolute Gasteiger partial charge is 0.319 e. The summed E-state index contributed by atoms with van der Waals surface area (Å²) in [5.74, 6) is 0. The normalized spacial score (nSPS) is 18.0. The molecule has 0 aliphatic heterocycles. The van der Waals surface area contributed by atoms with Crippen molar-refractivity contribution in [3.63, 3.8) is 0 Å². The van der Waals surface area contributed by atoms with Crippen LogP contribution in [0.1, 0.15) is 36.8 Å². The Morgan fingerprint density at radius 2 is 1.53 bits per heavy atom. The number of rotatable bonds is 7. The number of hydrogen-bond acceptors (Lipinski definition) is 6. The zero-order valence-corrected chi connectivity index (χ0v) is 21.4. The molecule has 0 unspecified atom stereocenters. The molecule has 4 rings (SSSR count). The number of hydrogen-bond donors (Lipinski definition) is 4. The average Bonchev–Trinajstić information content (AvgIpc) is 2.84. The van der Waals surface area contributed by atoms with Crippen LogP contribution < -0.4 is 31.5 Å². The molecule has 3 aromatic rings. The van der Waals surface area contributed by atoms with Crippen LogP contribution in [-0.2, 0) is 10.0 Å². The van der Waals surface area contributed by atoms with Crippen LogP contribution >= 0.6 is 11.6 Å². The second kappa shape index (κ2) is 10.3. The van der Waals surface area contributed by atoms with Gasteiger partial charge in [-0.3, -0.25) is 14.3 Å². The molecular formula is C25H27ClN4O5S.